The third kappa shape index (κ3) is 5.16. The Hall–Kier alpha value is -2.66. The fourth-order valence-electron chi connectivity index (χ4n) is 5.74. The van der Waals surface area contributed by atoms with Crippen molar-refractivity contribution in [2.24, 2.45) is 11.3 Å². The Balaban J connectivity index is 2.01. The second-order valence-electron chi connectivity index (χ2n) is 10.8. The van der Waals surface area contributed by atoms with Gasteiger partial charge in [-0.3, -0.25) is 14.5 Å². The summed E-state index contributed by atoms with van der Waals surface area (Å²) in [5.74, 6) is -1.73. The van der Waals surface area contributed by atoms with Gasteiger partial charge in [-0.25, -0.2) is 0 Å². The van der Waals surface area contributed by atoms with Crippen LogP contribution in [0.25, 0.3) is 0 Å². The molecule has 2 aromatic rings. The zero-order valence-corrected chi connectivity index (χ0v) is 22.1. The Labute approximate surface area is 210 Å². The summed E-state index contributed by atoms with van der Waals surface area (Å²) >= 11 is 0. The van der Waals surface area contributed by atoms with Crippen LogP contribution in [0.2, 0.25) is 0 Å². The zero-order chi connectivity index (χ0) is 25.9. The minimum atomic E-state index is -1.71. The van der Waals surface area contributed by atoms with Gasteiger partial charge >= 0.3 is 11.9 Å². The molecule has 1 N–H and O–H groups in total. The summed E-state index contributed by atoms with van der Waals surface area (Å²) in [6, 6.07) is 18.7. The molecule has 1 fully saturated rings. The van der Waals surface area contributed by atoms with Gasteiger partial charge in [0.1, 0.15) is 6.10 Å². The van der Waals surface area contributed by atoms with Gasteiger partial charge in [-0.2, -0.15) is 0 Å². The lowest BCUT2D eigenvalue weighted by atomic mass is 9.68. The van der Waals surface area contributed by atoms with Crippen LogP contribution in [-0.4, -0.2) is 46.2 Å². The van der Waals surface area contributed by atoms with E-state index in [1.165, 1.54) is 0 Å². The quantitative estimate of drug-likeness (QED) is 0.366. The number of carbonyl (C=O) groups is 2. The van der Waals surface area contributed by atoms with Gasteiger partial charge in [-0.15, -0.1) is 0 Å². The second-order valence-corrected chi connectivity index (χ2v) is 10.8. The maximum atomic E-state index is 14.0. The molecule has 5 heteroatoms. The summed E-state index contributed by atoms with van der Waals surface area (Å²) in [5.41, 5.74) is -0.421. The predicted molar refractivity (Wildman–Crippen MR) is 139 cm³/mol. The fourth-order valence-corrected chi connectivity index (χ4v) is 5.74. The van der Waals surface area contributed by atoms with E-state index < -0.39 is 17.4 Å². The number of esters is 1. The number of benzene rings is 2. The molecule has 0 amide bonds. The van der Waals surface area contributed by atoms with Crippen LogP contribution < -0.4 is 0 Å². The normalized spacial score (nSPS) is 27.4. The highest BCUT2D eigenvalue weighted by Crippen LogP contribution is 2.46. The van der Waals surface area contributed by atoms with E-state index in [2.05, 4.69) is 46.6 Å². The van der Waals surface area contributed by atoms with Crippen molar-refractivity contribution >= 4 is 11.9 Å². The Morgan fingerprint density at radius 3 is 1.86 bits per heavy atom. The highest BCUT2D eigenvalue weighted by molar-refractivity contribution is 6.00. The molecule has 5 nitrogen and oxygen atoms in total. The van der Waals surface area contributed by atoms with Gasteiger partial charge in [-0.1, -0.05) is 81.4 Å². The first-order valence-electron chi connectivity index (χ1n) is 12.8. The zero-order valence-electron chi connectivity index (χ0n) is 22.1. The molecule has 1 heterocycles. The van der Waals surface area contributed by atoms with E-state index in [1.54, 1.807) is 0 Å². The number of hydrogen-bond acceptors (Lipinski definition) is 4. The van der Waals surface area contributed by atoms with Crippen LogP contribution in [0.3, 0.4) is 0 Å². The van der Waals surface area contributed by atoms with Gasteiger partial charge in [0.05, 0.1) is 0 Å². The first-order chi connectivity index (χ1) is 16.5. The molecule has 4 unspecified atom stereocenters. The minimum Gasteiger partial charge on any atom is -0.480 e. The van der Waals surface area contributed by atoms with E-state index in [-0.39, 0.29) is 35.9 Å². The number of carboxylic acids is 1. The summed E-state index contributed by atoms with van der Waals surface area (Å²) < 4.78 is 6.27. The molecule has 35 heavy (non-hydrogen) atoms. The van der Waals surface area contributed by atoms with Crippen molar-refractivity contribution in [2.75, 3.05) is 7.05 Å². The highest BCUT2D eigenvalue weighted by atomic mass is 16.5. The number of rotatable bonds is 9. The van der Waals surface area contributed by atoms with E-state index in [1.807, 2.05) is 60.7 Å². The highest BCUT2D eigenvalue weighted by Gasteiger charge is 2.55. The van der Waals surface area contributed by atoms with Crippen molar-refractivity contribution in [1.29, 1.82) is 0 Å². The molecular weight excluding hydrogens is 438 g/mol. The smallest absolute Gasteiger partial charge is 0.324 e. The number of hydrogen-bond donors (Lipinski definition) is 1. The molecule has 0 aliphatic carbocycles. The SMILES string of the molecule is CCC1(C)CC(OC(=O)C(Cc2ccccc2)(Cc2ccccc2)C(=O)O)C(C)C(C)(CC)N1C. The van der Waals surface area contributed by atoms with Crippen molar-refractivity contribution in [1.82, 2.24) is 4.90 Å². The Kier molecular flexibility index (Phi) is 8.10. The third-order valence-corrected chi connectivity index (χ3v) is 8.99. The Bertz CT molecular complexity index is 966. The maximum absolute atomic E-state index is 14.0. The van der Waals surface area contributed by atoms with Gasteiger partial charge in [0.25, 0.3) is 0 Å². The first-order valence-corrected chi connectivity index (χ1v) is 12.8. The van der Waals surface area contributed by atoms with Crippen molar-refractivity contribution < 1.29 is 19.4 Å². The Morgan fingerprint density at radius 2 is 1.46 bits per heavy atom. The van der Waals surface area contributed by atoms with Crippen molar-refractivity contribution in [3.05, 3.63) is 71.8 Å². The van der Waals surface area contributed by atoms with Crippen LogP contribution >= 0.6 is 0 Å². The molecule has 2 aromatic carbocycles. The van der Waals surface area contributed by atoms with Crippen molar-refractivity contribution in [3.63, 3.8) is 0 Å². The van der Waals surface area contributed by atoms with Crippen LogP contribution in [0, 0.1) is 11.3 Å². The van der Waals surface area contributed by atoms with E-state index in [4.69, 9.17) is 4.74 Å². The standard InChI is InChI=1S/C30H41NO4/c1-7-28(4)21-25(22(3)29(5,8-2)31(28)6)35-27(34)30(26(32)33,19-23-15-11-9-12-16-23)20-24-17-13-10-14-18-24/h9-18,22,25H,7-8,19-21H2,1-6H3,(H,32,33). The number of carboxylic acid groups (broad SMARTS) is 1. The van der Waals surface area contributed by atoms with Gasteiger partial charge in [0.15, 0.2) is 5.41 Å². The lowest BCUT2D eigenvalue weighted by Gasteiger charge is -2.59. The molecular formula is C30H41NO4. The Morgan fingerprint density at radius 1 is 0.971 bits per heavy atom. The van der Waals surface area contributed by atoms with Gasteiger partial charge < -0.3 is 9.84 Å². The fraction of sp³-hybridized carbons (Fsp3) is 0.533. The molecule has 0 bridgehead atoms. The largest absolute Gasteiger partial charge is 0.480 e. The minimum absolute atomic E-state index is 0.0565. The van der Waals surface area contributed by atoms with Crippen molar-refractivity contribution in [3.8, 4) is 0 Å². The number of piperidine rings is 1. The van der Waals surface area contributed by atoms with Crippen LogP contribution in [0.4, 0.5) is 0 Å². The third-order valence-electron chi connectivity index (χ3n) is 8.99. The molecule has 1 aliphatic heterocycles. The number of likely N-dealkylation sites (tertiary alicyclic amines) is 1. The summed E-state index contributed by atoms with van der Waals surface area (Å²) in [6.45, 7) is 10.9. The topological polar surface area (TPSA) is 66.8 Å². The number of ether oxygens (including phenoxy) is 1. The maximum Gasteiger partial charge on any atom is 0.324 e. The number of nitrogens with zero attached hydrogens (tertiary/aromatic N) is 1. The molecule has 4 atom stereocenters. The van der Waals surface area contributed by atoms with Gasteiger partial charge in [0, 0.05) is 23.4 Å². The van der Waals surface area contributed by atoms with Crippen LogP contribution in [0.1, 0.15) is 65.0 Å². The molecule has 1 saturated heterocycles. The molecule has 0 saturated carbocycles. The number of carbonyl (C=O) groups excluding carboxylic acids is 1. The lowest BCUT2D eigenvalue weighted by Crippen LogP contribution is -2.67. The molecule has 3 rings (SSSR count). The molecule has 0 spiro atoms. The first kappa shape index (κ1) is 26.9. The van der Waals surface area contributed by atoms with Crippen LogP contribution in [0.15, 0.2) is 60.7 Å². The van der Waals surface area contributed by atoms with Crippen LogP contribution in [0.5, 0.6) is 0 Å². The summed E-state index contributed by atoms with van der Waals surface area (Å²) in [6.07, 6.45) is 2.29. The lowest BCUT2D eigenvalue weighted by molar-refractivity contribution is -0.188. The monoisotopic (exact) mass is 479 g/mol. The molecule has 0 radical (unpaired) electrons. The number of aliphatic carboxylic acids is 1. The summed E-state index contributed by atoms with van der Waals surface area (Å²) in [7, 11) is 2.16. The van der Waals surface area contributed by atoms with E-state index in [0.29, 0.717) is 6.42 Å². The summed E-state index contributed by atoms with van der Waals surface area (Å²) in [5, 5.41) is 10.5. The molecule has 190 valence electrons. The average Bonchev–Trinajstić information content (AvgIpc) is 2.86. The predicted octanol–water partition coefficient (Wildman–Crippen LogP) is 5.76. The van der Waals surface area contributed by atoms with E-state index in [0.717, 1.165) is 24.0 Å². The van der Waals surface area contributed by atoms with E-state index >= 15 is 0 Å². The molecule has 0 aromatic heterocycles. The van der Waals surface area contributed by atoms with Crippen LogP contribution in [-0.2, 0) is 27.2 Å². The van der Waals surface area contributed by atoms with Gasteiger partial charge in [0.2, 0.25) is 0 Å². The van der Waals surface area contributed by atoms with Crippen molar-refractivity contribution in [2.45, 2.75) is 83.9 Å². The molecule has 1 aliphatic rings. The summed E-state index contributed by atoms with van der Waals surface area (Å²) in [4.78, 5) is 29.3. The average molecular weight is 480 g/mol. The van der Waals surface area contributed by atoms with Gasteiger partial charge in [-0.05, 0) is 57.7 Å². The second kappa shape index (κ2) is 10.5. The van der Waals surface area contributed by atoms with E-state index in [9.17, 15) is 14.7 Å².